The summed E-state index contributed by atoms with van der Waals surface area (Å²) in [4.78, 5) is 34.7. The molecule has 2 amide bonds. The quantitative estimate of drug-likeness (QED) is 0.881. The molecule has 0 radical (unpaired) electrons. The Labute approximate surface area is 133 Å². The molecule has 1 aliphatic rings. The largest absolute Gasteiger partial charge is 0.335 e. The van der Waals surface area contributed by atoms with Gasteiger partial charge < -0.3 is 5.32 Å². The van der Waals surface area contributed by atoms with Gasteiger partial charge in [0.05, 0.1) is 0 Å². The number of aromatic nitrogens is 2. The third-order valence-electron chi connectivity index (χ3n) is 3.56. The van der Waals surface area contributed by atoms with E-state index in [2.05, 4.69) is 15.3 Å². The van der Waals surface area contributed by atoms with Gasteiger partial charge in [0, 0.05) is 17.0 Å². The van der Waals surface area contributed by atoms with Crippen LogP contribution < -0.4 is 10.2 Å². The number of carbonyl (C=O) groups is 2. The second kappa shape index (κ2) is 5.64. The van der Waals surface area contributed by atoms with Crippen LogP contribution in [0.25, 0.3) is 0 Å². The molecule has 0 saturated heterocycles. The maximum absolute atomic E-state index is 12.6. The number of amides is 2. The average molecular weight is 308 g/mol. The van der Waals surface area contributed by atoms with Crippen LogP contribution in [-0.2, 0) is 9.59 Å². The number of nitrogens with zero attached hydrogens (tertiary/aromatic N) is 3. The molecule has 0 spiro atoms. The highest BCUT2D eigenvalue weighted by Gasteiger charge is 2.38. The molecule has 0 fully saturated rings. The molecule has 2 aromatic heterocycles. The van der Waals surface area contributed by atoms with E-state index in [9.17, 15) is 9.59 Å². The van der Waals surface area contributed by atoms with E-state index in [1.807, 2.05) is 32.0 Å². The number of anilines is 2. The first-order chi connectivity index (χ1) is 11.0. The van der Waals surface area contributed by atoms with E-state index in [4.69, 9.17) is 0 Å². The van der Waals surface area contributed by atoms with Crippen LogP contribution in [-0.4, -0.2) is 21.8 Å². The number of aryl methyl sites for hydroxylation is 2. The molecule has 0 saturated carbocycles. The predicted octanol–water partition coefficient (Wildman–Crippen LogP) is 2.35. The molecular formula is C17H16N4O2. The van der Waals surface area contributed by atoms with Crippen molar-refractivity contribution in [3.8, 4) is 0 Å². The van der Waals surface area contributed by atoms with E-state index in [0.29, 0.717) is 17.2 Å². The minimum absolute atomic E-state index is 0.233. The lowest BCUT2D eigenvalue weighted by Gasteiger charge is -2.14. The second-order valence-corrected chi connectivity index (χ2v) is 5.37. The Bertz CT molecular complexity index is 842. The Balaban J connectivity index is 1.93. The molecule has 1 aliphatic heterocycles. The molecule has 2 aromatic rings. The van der Waals surface area contributed by atoms with Crippen LogP contribution in [0.3, 0.4) is 0 Å². The molecule has 23 heavy (non-hydrogen) atoms. The maximum Gasteiger partial charge on any atom is 0.283 e. The summed E-state index contributed by atoms with van der Waals surface area (Å²) < 4.78 is 0. The van der Waals surface area contributed by atoms with E-state index < -0.39 is 5.91 Å². The van der Waals surface area contributed by atoms with Gasteiger partial charge in [0.25, 0.3) is 11.8 Å². The predicted molar refractivity (Wildman–Crippen MR) is 86.8 cm³/mol. The zero-order valence-corrected chi connectivity index (χ0v) is 13.1. The minimum Gasteiger partial charge on any atom is -0.335 e. The number of imide groups is 1. The van der Waals surface area contributed by atoms with Gasteiger partial charge in [-0.2, -0.15) is 0 Å². The fourth-order valence-corrected chi connectivity index (χ4v) is 2.39. The highest BCUT2D eigenvalue weighted by Crippen LogP contribution is 2.26. The average Bonchev–Trinajstić information content (AvgIpc) is 2.71. The molecule has 0 aliphatic carbocycles. The van der Waals surface area contributed by atoms with Gasteiger partial charge in [0.2, 0.25) is 0 Å². The zero-order chi connectivity index (χ0) is 16.6. The smallest absolute Gasteiger partial charge is 0.283 e. The SMILES string of the molecule is CC1=C(Nc2cccc(C)n2)C(=O)N(c2cccc(C)n2)C1=O. The molecule has 0 atom stereocenters. The van der Waals surface area contributed by atoms with Gasteiger partial charge in [0.1, 0.15) is 17.3 Å². The van der Waals surface area contributed by atoms with E-state index in [1.165, 1.54) is 0 Å². The third-order valence-corrected chi connectivity index (χ3v) is 3.56. The second-order valence-electron chi connectivity index (χ2n) is 5.37. The first-order valence-electron chi connectivity index (χ1n) is 7.21. The summed E-state index contributed by atoms with van der Waals surface area (Å²) in [5, 5.41) is 2.95. The van der Waals surface area contributed by atoms with Crippen molar-refractivity contribution in [2.24, 2.45) is 0 Å². The van der Waals surface area contributed by atoms with E-state index >= 15 is 0 Å². The number of hydrogen-bond donors (Lipinski definition) is 1. The summed E-state index contributed by atoms with van der Waals surface area (Å²) in [6, 6.07) is 10.7. The van der Waals surface area contributed by atoms with Gasteiger partial charge in [-0.3, -0.25) is 9.59 Å². The van der Waals surface area contributed by atoms with Crippen molar-refractivity contribution in [3.63, 3.8) is 0 Å². The van der Waals surface area contributed by atoms with Crippen molar-refractivity contribution in [1.29, 1.82) is 0 Å². The monoisotopic (exact) mass is 308 g/mol. The molecule has 3 rings (SSSR count). The Hall–Kier alpha value is -3.02. The number of pyridine rings is 2. The summed E-state index contributed by atoms with van der Waals surface area (Å²) in [6.45, 7) is 5.29. The Morgan fingerprint density at radius 2 is 1.52 bits per heavy atom. The number of nitrogens with one attached hydrogen (secondary N) is 1. The zero-order valence-electron chi connectivity index (χ0n) is 13.1. The van der Waals surface area contributed by atoms with Crippen molar-refractivity contribution >= 4 is 23.5 Å². The summed E-state index contributed by atoms with van der Waals surface area (Å²) in [5.74, 6) is 0.0602. The van der Waals surface area contributed by atoms with Crippen LogP contribution in [0.1, 0.15) is 18.3 Å². The third kappa shape index (κ3) is 2.70. The van der Waals surface area contributed by atoms with Crippen molar-refractivity contribution in [3.05, 3.63) is 59.1 Å². The fourth-order valence-electron chi connectivity index (χ4n) is 2.39. The maximum atomic E-state index is 12.6. The number of carbonyl (C=O) groups excluding carboxylic acids is 2. The molecule has 0 unspecified atom stereocenters. The molecule has 1 N–H and O–H groups in total. The summed E-state index contributed by atoms with van der Waals surface area (Å²) in [7, 11) is 0. The van der Waals surface area contributed by atoms with Gasteiger partial charge in [0.15, 0.2) is 0 Å². The van der Waals surface area contributed by atoms with Crippen LogP contribution in [0.4, 0.5) is 11.6 Å². The molecular weight excluding hydrogens is 292 g/mol. The Morgan fingerprint density at radius 3 is 2.17 bits per heavy atom. The van der Waals surface area contributed by atoms with Gasteiger partial charge >= 0.3 is 0 Å². The first-order valence-corrected chi connectivity index (χ1v) is 7.21. The van der Waals surface area contributed by atoms with Crippen LogP contribution in [0.15, 0.2) is 47.7 Å². The van der Waals surface area contributed by atoms with Gasteiger partial charge in [-0.25, -0.2) is 14.9 Å². The summed E-state index contributed by atoms with van der Waals surface area (Å²) >= 11 is 0. The molecule has 116 valence electrons. The number of rotatable bonds is 3. The lowest BCUT2D eigenvalue weighted by atomic mass is 10.2. The molecule has 3 heterocycles. The molecule has 0 aromatic carbocycles. The van der Waals surface area contributed by atoms with E-state index in [-0.39, 0.29) is 11.6 Å². The minimum atomic E-state index is -0.422. The van der Waals surface area contributed by atoms with Gasteiger partial charge in [-0.1, -0.05) is 12.1 Å². The van der Waals surface area contributed by atoms with Crippen LogP contribution in [0.2, 0.25) is 0 Å². The Morgan fingerprint density at radius 1 is 0.870 bits per heavy atom. The first kappa shape index (κ1) is 14.9. The van der Waals surface area contributed by atoms with Crippen molar-refractivity contribution < 1.29 is 9.59 Å². The highest BCUT2D eigenvalue weighted by atomic mass is 16.2. The molecule has 6 heteroatoms. The van der Waals surface area contributed by atoms with E-state index in [0.717, 1.165) is 16.3 Å². The number of hydrogen-bond acceptors (Lipinski definition) is 5. The molecule has 6 nitrogen and oxygen atoms in total. The van der Waals surface area contributed by atoms with Gasteiger partial charge in [-0.05, 0) is 45.0 Å². The van der Waals surface area contributed by atoms with Crippen molar-refractivity contribution in [2.45, 2.75) is 20.8 Å². The lowest BCUT2D eigenvalue weighted by molar-refractivity contribution is -0.120. The van der Waals surface area contributed by atoms with Gasteiger partial charge in [-0.15, -0.1) is 0 Å². The standard InChI is InChI=1S/C17H16N4O2/c1-10-6-4-8-13(18-10)20-15-12(3)16(22)21(17(15)23)14-9-5-7-11(2)19-14/h4-9H,1-3H3,(H,18,20). The lowest BCUT2D eigenvalue weighted by Crippen LogP contribution is -2.33. The highest BCUT2D eigenvalue weighted by molar-refractivity contribution is 6.33. The summed E-state index contributed by atoms with van der Waals surface area (Å²) in [5.41, 5.74) is 2.14. The van der Waals surface area contributed by atoms with Crippen LogP contribution >= 0.6 is 0 Å². The van der Waals surface area contributed by atoms with Crippen molar-refractivity contribution in [2.75, 3.05) is 10.2 Å². The normalized spacial score (nSPS) is 14.7. The van der Waals surface area contributed by atoms with E-state index in [1.54, 1.807) is 25.1 Å². The fraction of sp³-hybridized carbons (Fsp3) is 0.176. The topological polar surface area (TPSA) is 75.2 Å². The van der Waals surface area contributed by atoms with Crippen LogP contribution in [0.5, 0.6) is 0 Å². The molecule has 0 bridgehead atoms. The van der Waals surface area contributed by atoms with Crippen molar-refractivity contribution in [1.82, 2.24) is 9.97 Å². The Kier molecular flexibility index (Phi) is 3.65. The summed E-state index contributed by atoms with van der Waals surface area (Å²) in [6.07, 6.45) is 0. The van der Waals surface area contributed by atoms with Crippen LogP contribution in [0, 0.1) is 13.8 Å².